The van der Waals surface area contributed by atoms with Gasteiger partial charge in [0, 0.05) is 29.8 Å². The predicted molar refractivity (Wildman–Crippen MR) is 80.1 cm³/mol. The zero-order valence-electron chi connectivity index (χ0n) is 12.2. The summed E-state index contributed by atoms with van der Waals surface area (Å²) in [7, 11) is 0. The smallest absolute Gasteiger partial charge is 0.221 e. The third-order valence-corrected chi connectivity index (χ3v) is 4.52. The molecule has 18 heavy (non-hydrogen) atoms. The molecule has 0 aromatic rings. The van der Waals surface area contributed by atoms with Crippen LogP contribution >= 0.6 is 11.8 Å². The van der Waals surface area contributed by atoms with Crippen molar-refractivity contribution in [3.8, 4) is 0 Å². The van der Waals surface area contributed by atoms with Crippen molar-refractivity contribution >= 4 is 17.7 Å². The van der Waals surface area contributed by atoms with Crippen molar-refractivity contribution in [3.63, 3.8) is 0 Å². The molecule has 0 unspecified atom stereocenters. The topological polar surface area (TPSA) is 41.1 Å². The van der Waals surface area contributed by atoms with E-state index < -0.39 is 0 Å². The van der Waals surface area contributed by atoms with Crippen LogP contribution in [0.2, 0.25) is 0 Å². The van der Waals surface area contributed by atoms with E-state index in [0.29, 0.717) is 12.5 Å². The molecule has 0 aromatic carbocycles. The van der Waals surface area contributed by atoms with Crippen LogP contribution in [0.25, 0.3) is 0 Å². The molecule has 0 bridgehead atoms. The second kappa shape index (κ2) is 7.39. The average molecular weight is 272 g/mol. The summed E-state index contributed by atoms with van der Waals surface area (Å²) < 4.78 is 0. The molecule has 1 aliphatic carbocycles. The van der Waals surface area contributed by atoms with Gasteiger partial charge in [0.05, 0.1) is 0 Å². The minimum Gasteiger partial charge on any atom is -0.353 e. The van der Waals surface area contributed by atoms with Crippen LogP contribution in [0, 0.1) is 0 Å². The lowest BCUT2D eigenvalue weighted by Crippen LogP contribution is -2.41. The van der Waals surface area contributed by atoms with Crippen LogP contribution in [0.4, 0.5) is 0 Å². The van der Waals surface area contributed by atoms with Crippen molar-refractivity contribution in [1.29, 1.82) is 0 Å². The van der Waals surface area contributed by atoms with E-state index in [1.807, 2.05) is 11.8 Å². The first kappa shape index (κ1) is 15.8. The van der Waals surface area contributed by atoms with Gasteiger partial charge in [-0.1, -0.05) is 0 Å². The quantitative estimate of drug-likeness (QED) is 0.808. The number of thioether (sulfide) groups is 1. The van der Waals surface area contributed by atoms with Gasteiger partial charge in [0.15, 0.2) is 0 Å². The fraction of sp³-hybridized carbons (Fsp3) is 0.929. The Labute approximate surface area is 116 Å². The lowest BCUT2D eigenvalue weighted by molar-refractivity contribution is -0.121. The lowest BCUT2D eigenvalue weighted by atomic mass is 9.95. The first-order chi connectivity index (χ1) is 8.40. The fourth-order valence-corrected chi connectivity index (χ4v) is 3.04. The van der Waals surface area contributed by atoms with Crippen molar-refractivity contribution in [2.75, 3.05) is 12.8 Å². The Morgan fingerprint density at radius 3 is 2.33 bits per heavy atom. The van der Waals surface area contributed by atoms with Crippen molar-refractivity contribution in [2.45, 2.75) is 69.7 Å². The standard InChI is InChI=1S/C14H28N2OS/c1-14(2,3)15-10-9-13(17)16-11-5-7-12(18-4)8-6-11/h11-12,15H,5-10H2,1-4H3,(H,16,17). The van der Waals surface area contributed by atoms with Crippen LogP contribution in [0.5, 0.6) is 0 Å². The van der Waals surface area contributed by atoms with Crippen LogP contribution in [0.15, 0.2) is 0 Å². The van der Waals surface area contributed by atoms with Crippen LogP contribution in [-0.2, 0) is 4.79 Å². The highest BCUT2D eigenvalue weighted by atomic mass is 32.2. The second-order valence-corrected chi connectivity index (χ2v) is 7.34. The molecule has 0 saturated heterocycles. The van der Waals surface area contributed by atoms with Crippen molar-refractivity contribution in [1.82, 2.24) is 10.6 Å². The molecule has 1 aliphatic rings. The number of hydrogen-bond donors (Lipinski definition) is 2. The van der Waals surface area contributed by atoms with Gasteiger partial charge in [0.1, 0.15) is 0 Å². The molecule has 0 aliphatic heterocycles. The van der Waals surface area contributed by atoms with Crippen molar-refractivity contribution in [2.24, 2.45) is 0 Å². The number of nitrogens with one attached hydrogen (secondary N) is 2. The van der Waals surface area contributed by atoms with Gasteiger partial charge >= 0.3 is 0 Å². The Kier molecular flexibility index (Phi) is 6.50. The van der Waals surface area contributed by atoms with Gasteiger partial charge in [0.25, 0.3) is 0 Å². The van der Waals surface area contributed by atoms with Crippen LogP contribution in [0.3, 0.4) is 0 Å². The zero-order chi connectivity index (χ0) is 13.6. The Morgan fingerprint density at radius 1 is 1.22 bits per heavy atom. The summed E-state index contributed by atoms with van der Waals surface area (Å²) >= 11 is 1.96. The van der Waals surface area contributed by atoms with E-state index in [2.05, 4.69) is 37.7 Å². The lowest BCUT2D eigenvalue weighted by Gasteiger charge is -2.28. The molecule has 0 heterocycles. The van der Waals surface area contributed by atoms with Gasteiger partial charge in [-0.15, -0.1) is 0 Å². The van der Waals surface area contributed by atoms with Gasteiger partial charge < -0.3 is 10.6 Å². The third kappa shape index (κ3) is 6.64. The first-order valence-corrected chi connectivity index (χ1v) is 8.26. The van der Waals surface area contributed by atoms with Crippen LogP contribution in [-0.4, -0.2) is 35.5 Å². The summed E-state index contributed by atoms with van der Waals surface area (Å²) in [6.45, 7) is 7.12. The maximum Gasteiger partial charge on any atom is 0.221 e. The van der Waals surface area contributed by atoms with Gasteiger partial charge in [-0.3, -0.25) is 4.79 Å². The molecule has 1 amide bonds. The molecule has 0 aromatic heterocycles. The molecule has 2 N–H and O–H groups in total. The highest BCUT2D eigenvalue weighted by Crippen LogP contribution is 2.26. The van der Waals surface area contributed by atoms with Crippen molar-refractivity contribution < 1.29 is 4.79 Å². The monoisotopic (exact) mass is 272 g/mol. The molecule has 106 valence electrons. The van der Waals surface area contributed by atoms with Crippen LogP contribution < -0.4 is 10.6 Å². The van der Waals surface area contributed by atoms with Crippen molar-refractivity contribution in [3.05, 3.63) is 0 Å². The van der Waals surface area contributed by atoms with Gasteiger partial charge in [0.2, 0.25) is 5.91 Å². The van der Waals surface area contributed by atoms with E-state index in [9.17, 15) is 4.79 Å². The molecule has 1 rings (SSSR count). The molecular weight excluding hydrogens is 244 g/mol. The summed E-state index contributed by atoms with van der Waals surface area (Å²) in [5.74, 6) is 0.194. The molecule has 4 heteroatoms. The van der Waals surface area contributed by atoms with E-state index in [-0.39, 0.29) is 11.4 Å². The normalized spacial score (nSPS) is 24.9. The van der Waals surface area contributed by atoms with E-state index in [1.54, 1.807) is 0 Å². The van der Waals surface area contributed by atoms with E-state index in [4.69, 9.17) is 0 Å². The molecule has 1 fully saturated rings. The number of amides is 1. The highest BCUT2D eigenvalue weighted by Gasteiger charge is 2.21. The zero-order valence-corrected chi connectivity index (χ0v) is 13.0. The molecular formula is C14H28N2OS. The molecule has 0 radical (unpaired) electrons. The summed E-state index contributed by atoms with van der Waals surface area (Å²) in [4.78, 5) is 11.8. The summed E-state index contributed by atoms with van der Waals surface area (Å²) in [5, 5.41) is 7.31. The summed E-state index contributed by atoms with van der Waals surface area (Å²) in [6.07, 6.45) is 7.54. The summed E-state index contributed by atoms with van der Waals surface area (Å²) in [6, 6.07) is 0.413. The molecule has 0 spiro atoms. The van der Waals surface area contributed by atoms with E-state index in [1.165, 1.54) is 12.8 Å². The van der Waals surface area contributed by atoms with E-state index >= 15 is 0 Å². The largest absolute Gasteiger partial charge is 0.353 e. The maximum atomic E-state index is 11.8. The fourth-order valence-electron chi connectivity index (χ4n) is 2.29. The predicted octanol–water partition coefficient (Wildman–Crippen LogP) is 2.55. The highest BCUT2D eigenvalue weighted by molar-refractivity contribution is 7.99. The number of carbonyl (C=O) groups excluding carboxylic acids is 1. The molecule has 1 saturated carbocycles. The molecule has 0 atom stereocenters. The maximum absolute atomic E-state index is 11.8. The second-order valence-electron chi connectivity index (χ2n) is 6.20. The third-order valence-electron chi connectivity index (χ3n) is 3.38. The number of hydrogen-bond acceptors (Lipinski definition) is 3. The number of carbonyl (C=O) groups is 1. The SMILES string of the molecule is CSC1CCC(NC(=O)CCNC(C)(C)C)CC1. The Balaban J connectivity index is 2.13. The Morgan fingerprint density at radius 2 is 1.83 bits per heavy atom. The van der Waals surface area contributed by atoms with Gasteiger partial charge in [-0.2, -0.15) is 11.8 Å². The first-order valence-electron chi connectivity index (χ1n) is 6.98. The van der Waals surface area contributed by atoms with Gasteiger partial charge in [-0.05, 0) is 52.7 Å². The van der Waals surface area contributed by atoms with E-state index in [0.717, 1.165) is 24.6 Å². The summed E-state index contributed by atoms with van der Waals surface area (Å²) in [5.41, 5.74) is 0.0939. The average Bonchev–Trinajstić information content (AvgIpc) is 2.28. The number of rotatable bonds is 5. The van der Waals surface area contributed by atoms with Crippen LogP contribution in [0.1, 0.15) is 52.9 Å². The minimum absolute atomic E-state index is 0.0939. The Hall–Kier alpha value is -0.220. The Bertz CT molecular complexity index is 255. The molecule has 3 nitrogen and oxygen atoms in total. The van der Waals surface area contributed by atoms with Gasteiger partial charge in [-0.25, -0.2) is 0 Å². The minimum atomic E-state index is 0.0939.